The smallest absolute Gasteiger partial charge is 0.237 e. The minimum absolute atomic E-state index is 0.00281. The summed E-state index contributed by atoms with van der Waals surface area (Å²) in [5, 5.41) is 16.8. The zero-order valence-electron chi connectivity index (χ0n) is 15.2. The predicted octanol–water partition coefficient (Wildman–Crippen LogP) is 2.54. The molecule has 1 saturated carbocycles. The van der Waals surface area contributed by atoms with Gasteiger partial charge in [0.15, 0.2) is 0 Å². The van der Waals surface area contributed by atoms with Crippen LogP contribution in [0.15, 0.2) is 24.3 Å². The Morgan fingerprint density at radius 3 is 2.92 bits per heavy atom. The molecule has 1 aromatic carbocycles. The summed E-state index contributed by atoms with van der Waals surface area (Å²) in [5.41, 5.74) is 0.756. The van der Waals surface area contributed by atoms with E-state index in [4.69, 9.17) is 4.74 Å². The average Bonchev–Trinajstić information content (AvgIpc) is 3.03. The molecule has 1 saturated heterocycles. The molecule has 2 fully saturated rings. The van der Waals surface area contributed by atoms with Gasteiger partial charge in [0.25, 0.3) is 0 Å². The molecule has 5 nitrogen and oxygen atoms in total. The second-order valence-electron chi connectivity index (χ2n) is 7.61. The highest BCUT2D eigenvalue weighted by molar-refractivity contribution is 5.82. The molecular weight excluding hydrogens is 316 g/mol. The maximum atomic E-state index is 12.4. The summed E-state index contributed by atoms with van der Waals surface area (Å²) in [7, 11) is 0. The van der Waals surface area contributed by atoms with E-state index in [0.29, 0.717) is 12.0 Å². The van der Waals surface area contributed by atoms with E-state index in [1.807, 2.05) is 38.1 Å². The molecule has 138 valence electrons. The molecular formula is C20H30N2O3. The Morgan fingerprint density at radius 1 is 1.36 bits per heavy atom. The molecule has 1 aliphatic heterocycles. The van der Waals surface area contributed by atoms with Gasteiger partial charge in [-0.05, 0) is 56.7 Å². The zero-order chi connectivity index (χ0) is 17.8. The van der Waals surface area contributed by atoms with Crippen molar-refractivity contribution in [3.05, 3.63) is 29.8 Å². The minimum atomic E-state index is -0.733. The molecule has 2 aliphatic rings. The number of rotatable bonds is 6. The summed E-state index contributed by atoms with van der Waals surface area (Å²) in [6.07, 6.45) is 5.23. The third-order valence-electron chi connectivity index (χ3n) is 5.26. The lowest BCUT2D eigenvalue weighted by molar-refractivity contribution is -0.123. The van der Waals surface area contributed by atoms with Crippen LogP contribution in [0.25, 0.3) is 0 Å². The van der Waals surface area contributed by atoms with Crippen LogP contribution < -0.4 is 15.4 Å². The van der Waals surface area contributed by atoms with Crippen LogP contribution in [0, 0.1) is 5.92 Å². The van der Waals surface area contributed by atoms with Crippen LogP contribution in [-0.4, -0.2) is 35.7 Å². The number of nitrogens with one attached hydrogen (secondary N) is 2. The lowest BCUT2D eigenvalue weighted by Crippen LogP contribution is -2.44. The number of hydrogen-bond acceptors (Lipinski definition) is 4. The average molecular weight is 346 g/mol. The monoisotopic (exact) mass is 346 g/mol. The first-order valence-corrected chi connectivity index (χ1v) is 9.51. The van der Waals surface area contributed by atoms with Crippen molar-refractivity contribution in [1.29, 1.82) is 0 Å². The molecule has 0 spiro atoms. The number of fused-ring (bicyclic) bond motifs is 1. The number of benzene rings is 1. The van der Waals surface area contributed by atoms with Crippen LogP contribution in [0.1, 0.15) is 57.6 Å². The molecule has 1 aliphatic carbocycles. The fraction of sp³-hybridized carbons (Fsp3) is 0.650. The maximum Gasteiger partial charge on any atom is 0.237 e. The van der Waals surface area contributed by atoms with Crippen LogP contribution in [0.5, 0.6) is 5.75 Å². The number of aliphatic hydroxyl groups excluding tert-OH is 1. The van der Waals surface area contributed by atoms with Crippen molar-refractivity contribution in [3.8, 4) is 5.75 Å². The molecule has 25 heavy (non-hydrogen) atoms. The van der Waals surface area contributed by atoms with Gasteiger partial charge in [0.2, 0.25) is 5.91 Å². The van der Waals surface area contributed by atoms with Gasteiger partial charge in [-0.2, -0.15) is 0 Å². The van der Waals surface area contributed by atoms with Crippen LogP contribution in [0.4, 0.5) is 0 Å². The summed E-state index contributed by atoms with van der Waals surface area (Å²) >= 11 is 0. The van der Waals surface area contributed by atoms with E-state index in [9.17, 15) is 9.90 Å². The predicted molar refractivity (Wildman–Crippen MR) is 97.5 cm³/mol. The molecule has 1 heterocycles. The number of carbonyl (C=O) groups excluding carboxylic acids is 1. The highest BCUT2D eigenvalue weighted by atomic mass is 16.5. The maximum absolute atomic E-state index is 12.4. The van der Waals surface area contributed by atoms with E-state index in [1.54, 1.807) is 0 Å². The molecule has 5 heteroatoms. The van der Waals surface area contributed by atoms with E-state index in [-0.39, 0.29) is 24.6 Å². The first-order valence-electron chi connectivity index (χ1n) is 9.51. The standard InChI is InChI=1S/C20H30N2O3/c1-13(2)25-16-8-5-7-15(10-16)19(23)12-21-20(24)18-11-14-6-3-4-9-17(14)22-18/h5,7-8,10,13-14,17-19,22-23H,3-4,6,9,11-12H2,1-2H3,(H,21,24). The number of ether oxygens (including phenoxy) is 1. The quantitative estimate of drug-likeness (QED) is 0.740. The van der Waals surface area contributed by atoms with Crippen molar-refractivity contribution in [2.45, 2.75) is 70.2 Å². The van der Waals surface area contributed by atoms with Gasteiger partial charge in [-0.25, -0.2) is 0 Å². The minimum Gasteiger partial charge on any atom is -0.491 e. The first kappa shape index (κ1) is 18.2. The second-order valence-corrected chi connectivity index (χ2v) is 7.61. The van der Waals surface area contributed by atoms with Crippen LogP contribution in [-0.2, 0) is 4.79 Å². The van der Waals surface area contributed by atoms with Gasteiger partial charge in [0.05, 0.1) is 18.2 Å². The third-order valence-corrected chi connectivity index (χ3v) is 5.26. The van der Waals surface area contributed by atoms with E-state index in [2.05, 4.69) is 10.6 Å². The number of hydrogen-bond donors (Lipinski definition) is 3. The molecule has 0 aromatic heterocycles. The summed E-state index contributed by atoms with van der Waals surface area (Å²) in [6, 6.07) is 7.81. The van der Waals surface area contributed by atoms with Crippen molar-refractivity contribution in [2.75, 3.05) is 6.54 Å². The summed E-state index contributed by atoms with van der Waals surface area (Å²) in [6.45, 7) is 4.16. The van der Waals surface area contributed by atoms with Crippen molar-refractivity contribution >= 4 is 5.91 Å². The van der Waals surface area contributed by atoms with E-state index < -0.39 is 6.10 Å². The Kier molecular flexibility index (Phi) is 5.97. The zero-order valence-corrected chi connectivity index (χ0v) is 15.2. The molecule has 0 bridgehead atoms. The van der Waals surface area contributed by atoms with E-state index >= 15 is 0 Å². The Morgan fingerprint density at radius 2 is 2.16 bits per heavy atom. The van der Waals surface area contributed by atoms with Gasteiger partial charge in [0, 0.05) is 12.6 Å². The van der Waals surface area contributed by atoms with Gasteiger partial charge >= 0.3 is 0 Å². The Bertz CT molecular complexity index is 576. The molecule has 3 N–H and O–H groups in total. The summed E-state index contributed by atoms with van der Waals surface area (Å²) < 4.78 is 5.66. The lowest BCUT2D eigenvalue weighted by atomic mass is 9.85. The third kappa shape index (κ3) is 4.73. The van der Waals surface area contributed by atoms with Gasteiger partial charge in [-0.1, -0.05) is 25.0 Å². The molecule has 4 unspecified atom stereocenters. The number of amides is 1. The molecule has 4 atom stereocenters. The van der Waals surface area contributed by atoms with E-state index in [0.717, 1.165) is 17.7 Å². The normalized spacial score (nSPS) is 27.0. The largest absolute Gasteiger partial charge is 0.491 e. The highest BCUT2D eigenvalue weighted by Crippen LogP contribution is 2.33. The van der Waals surface area contributed by atoms with Crippen molar-refractivity contribution in [1.82, 2.24) is 10.6 Å². The molecule has 0 radical (unpaired) electrons. The topological polar surface area (TPSA) is 70.6 Å². The van der Waals surface area contributed by atoms with Crippen molar-refractivity contribution in [2.24, 2.45) is 5.92 Å². The molecule has 1 amide bonds. The van der Waals surface area contributed by atoms with Gasteiger partial charge in [0.1, 0.15) is 5.75 Å². The molecule has 1 aromatic rings. The van der Waals surface area contributed by atoms with Crippen LogP contribution >= 0.6 is 0 Å². The van der Waals surface area contributed by atoms with Crippen molar-refractivity contribution < 1.29 is 14.6 Å². The SMILES string of the molecule is CC(C)Oc1cccc(C(O)CNC(=O)C2CC3CCCCC3N2)c1. The lowest BCUT2D eigenvalue weighted by Gasteiger charge is -2.24. The summed E-state index contributed by atoms with van der Waals surface area (Å²) in [5.74, 6) is 1.38. The fourth-order valence-electron chi connectivity index (χ4n) is 4.03. The fourth-order valence-corrected chi connectivity index (χ4v) is 4.03. The number of aliphatic hydroxyl groups is 1. The van der Waals surface area contributed by atoms with Gasteiger partial charge in [-0.15, -0.1) is 0 Å². The molecule has 3 rings (SSSR count). The van der Waals surface area contributed by atoms with Gasteiger partial charge in [-0.3, -0.25) is 4.79 Å². The number of carbonyl (C=O) groups is 1. The summed E-state index contributed by atoms with van der Waals surface area (Å²) in [4.78, 5) is 12.4. The second kappa shape index (κ2) is 8.19. The van der Waals surface area contributed by atoms with E-state index in [1.165, 1.54) is 25.7 Å². The van der Waals surface area contributed by atoms with Crippen LogP contribution in [0.3, 0.4) is 0 Å². The first-order chi connectivity index (χ1) is 12.0. The Balaban J connectivity index is 1.50. The van der Waals surface area contributed by atoms with Gasteiger partial charge < -0.3 is 20.5 Å². The highest BCUT2D eigenvalue weighted by Gasteiger charge is 2.38. The Labute approximate surface area is 150 Å². The Hall–Kier alpha value is -1.59. The van der Waals surface area contributed by atoms with Crippen LogP contribution in [0.2, 0.25) is 0 Å². The van der Waals surface area contributed by atoms with Crippen molar-refractivity contribution in [3.63, 3.8) is 0 Å².